The summed E-state index contributed by atoms with van der Waals surface area (Å²) in [5.41, 5.74) is 2.82. The van der Waals surface area contributed by atoms with Crippen LogP contribution in [0.2, 0.25) is 0 Å². The molecule has 9 heteroatoms. The molecule has 208 valence electrons. The maximum atomic E-state index is 13.7. The zero-order chi connectivity index (χ0) is 28.6. The van der Waals surface area contributed by atoms with Crippen LogP contribution in [-0.4, -0.2) is 45.1 Å². The number of hydrogen-bond donors (Lipinski definition) is 0. The topological polar surface area (TPSA) is 104 Å². The minimum atomic E-state index is -0.672. The Labute approximate surface area is 232 Å². The van der Waals surface area contributed by atoms with Crippen LogP contribution in [0, 0.1) is 6.92 Å². The van der Waals surface area contributed by atoms with Gasteiger partial charge in [0, 0.05) is 18.4 Å². The monoisotopic (exact) mass is 542 g/mol. The average Bonchev–Trinajstić information content (AvgIpc) is 3.43. The molecule has 4 heterocycles. The zero-order valence-electron chi connectivity index (χ0n) is 23.6. The lowest BCUT2D eigenvalue weighted by atomic mass is 9.87. The molecule has 0 radical (unpaired) electrons. The molecule has 1 atom stereocenters. The van der Waals surface area contributed by atoms with Crippen LogP contribution < -0.4 is 11.0 Å². The van der Waals surface area contributed by atoms with Crippen molar-refractivity contribution in [2.75, 3.05) is 13.2 Å². The quantitative estimate of drug-likeness (QED) is 0.274. The number of pyridine rings is 2. The van der Waals surface area contributed by atoms with Gasteiger partial charge in [0.2, 0.25) is 0 Å². The van der Waals surface area contributed by atoms with E-state index >= 15 is 0 Å². The van der Waals surface area contributed by atoms with Gasteiger partial charge in [-0.05, 0) is 67.5 Å². The van der Waals surface area contributed by atoms with Crippen molar-refractivity contribution in [3.05, 3.63) is 86.8 Å². The molecule has 4 aromatic rings. The Balaban J connectivity index is 1.81. The Morgan fingerprint density at radius 2 is 1.90 bits per heavy atom. The van der Waals surface area contributed by atoms with Crippen molar-refractivity contribution in [1.82, 2.24) is 14.0 Å². The zero-order valence-corrected chi connectivity index (χ0v) is 23.6. The summed E-state index contributed by atoms with van der Waals surface area (Å²) in [7, 11) is 0. The highest BCUT2D eigenvalue weighted by atomic mass is 16.5. The van der Waals surface area contributed by atoms with Crippen molar-refractivity contribution in [2.45, 2.75) is 65.5 Å². The first-order chi connectivity index (χ1) is 19.1. The van der Waals surface area contributed by atoms with E-state index in [1.807, 2.05) is 25.1 Å². The highest BCUT2D eigenvalue weighted by Gasteiger charge is 2.24. The Morgan fingerprint density at radius 1 is 1.15 bits per heavy atom. The number of aryl methyl sites for hydroxylation is 1. The van der Waals surface area contributed by atoms with Gasteiger partial charge in [-0.2, -0.15) is 4.99 Å². The number of fused-ring (bicyclic) bond motifs is 2. The van der Waals surface area contributed by atoms with E-state index in [0.29, 0.717) is 23.5 Å². The lowest BCUT2D eigenvalue weighted by molar-refractivity contribution is 0.0521. The second-order valence-corrected chi connectivity index (χ2v) is 11.1. The first kappa shape index (κ1) is 27.5. The molecule has 1 aliphatic rings. The largest absolute Gasteiger partial charge is 0.462 e. The van der Waals surface area contributed by atoms with Gasteiger partial charge in [0.25, 0.3) is 11.5 Å². The fraction of sp³-hybridized carbons (Fsp3) is 0.387. The van der Waals surface area contributed by atoms with Crippen LogP contribution in [0.25, 0.3) is 16.7 Å². The molecule has 0 N–H and O–H groups in total. The smallest absolute Gasteiger partial charge is 0.341 e. The predicted octanol–water partition coefficient (Wildman–Crippen LogP) is 4.35. The van der Waals surface area contributed by atoms with Gasteiger partial charge in [0.05, 0.1) is 24.6 Å². The van der Waals surface area contributed by atoms with E-state index in [-0.39, 0.29) is 46.7 Å². The van der Waals surface area contributed by atoms with Crippen molar-refractivity contribution in [1.29, 1.82) is 0 Å². The summed E-state index contributed by atoms with van der Waals surface area (Å²) >= 11 is 0. The van der Waals surface area contributed by atoms with Gasteiger partial charge in [0.1, 0.15) is 16.9 Å². The molecule has 0 spiro atoms. The van der Waals surface area contributed by atoms with Crippen molar-refractivity contribution >= 4 is 28.6 Å². The lowest BCUT2D eigenvalue weighted by Gasteiger charge is -2.19. The van der Waals surface area contributed by atoms with Gasteiger partial charge in [-0.15, -0.1) is 0 Å². The van der Waals surface area contributed by atoms with Crippen LogP contribution >= 0.6 is 0 Å². The number of benzene rings is 1. The summed E-state index contributed by atoms with van der Waals surface area (Å²) in [6.07, 6.45) is 3.16. The first-order valence-electron chi connectivity index (χ1n) is 13.6. The fourth-order valence-corrected chi connectivity index (χ4v) is 5.01. The van der Waals surface area contributed by atoms with E-state index in [2.05, 4.69) is 25.8 Å². The molecule has 3 aromatic heterocycles. The number of nitrogens with zero attached hydrogens (tertiary/aromatic N) is 4. The summed E-state index contributed by atoms with van der Waals surface area (Å²) in [6.45, 7) is 10.9. The Bertz CT molecular complexity index is 1740. The van der Waals surface area contributed by atoms with Gasteiger partial charge >= 0.3 is 5.97 Å². The van der Waals surface area contributed by atoms with Gasteiger partial charge in [0.15, 0.2) is 5.49 Å². The predicted molar refractivity (Wildman–Crippen MR) is 152 cm³/mol. The van der Waals surface area contributed by atoms with E-state index in [1.54, 1.807) is 35.9 Å². The molecule has 1 amide bonds. The van der Waals surface area contributed by atoms with Crippen LogP contribution in [-0.2, 0) is 21.4 Å². The Hall–Kier alpha value is -4.11. The van der Waals surface area contributed by atoms with Gasteiger partial charge in [-0.1, -0.05) is 39.0 Å². The van der Waals surface area contributed by atoms with Crippen molar-refractivity contribution in [2.24, 2.45) is 4.99 Å². The highest BCUT2D eigenvalue weighted by molar-refractivity contribution is 5.97. The minimum Gasteiger partial charge on any atom is -0.462 e. The molecule has 1 fully saturated rings. The number of hydrogen-bond acceptors (Lipinski definition) is 6. The Kier molecular flexibility index (Phi) is 7.42. The second-order valence-electron chi connectivity index (χ2n) is 11.1. The van der Waals surface area contributed by atoms with E-state index in [4.69, 9.17) is 14.5 Å². The van der Waals surface area contributed by atoms with Crippen LogP contribution in [0.1, 0.15) is 72.4 Å². The SMILES string of the molecule is CCOC(=O)c1cc2c(=O)n3cccc(C)c3nc2n(CC2CCCO2)c1=NC(=O)c1ccc(C(C)(C)C)cc1. The van der Waals surface area contributed by atoms with Gasteiger partial charge in [-0.3, -0.25) is 14.0 Å². The maximum absolute atomic E-state index is 13.7. The molecule has 5 rings (SSSR count). The molecule has 1 unspecified atom stereocenters. The fourth-order valence-electron chi connectivity index (χ4n) is 5.01. The summed E-state index contributed by atoms with van der Waals surface area (Å²) in [6, 6.07) is 12.4. The number of esters is 1. The van der Waals surface area contributed by atoms with E-state index in [0.717, 1.165) is 24.0 Å². The second kappa shape index (κ2) is 10.8. The number of carbonyl (C=O) groups excluding carboxylic acids is 2. The third-order valence-corrected chi connectivity index (χ3v) is 7.22. The van der Waals surface area contributed by atoms with Gasteiger partial charge in [-0.25, -0.2) is 9.78 Å². The van der Waals surface area contributed by atoms with Crippen molar-refractivity contribution < 1.29 is 19.1 Å². The molecule has 9 nitrogen and oxygen atoms in total. The van der Waals surface area contributed by atoms with E-state index in [9.17, 15) is 14.4 Å². The summed E-state index contributed by atoms with van der Waals surface area (Å²) in [4.78, 5) is 49.7. The minimum absolute atomic E-state index is 0.0264. The number of amides is 1. The summed E-state index contributed by atoms with van der Waals surface area (Å²) < 4.78 is 14.4. The molecule has 0 saturated carbocycles. The van der Waals surface area contributed by atoms with E-state index < -0.39 is 11.9 Å². The molecule has 0 bridgehead atoms. The van der Waals surface area contributed by atoms with Gasteiger partial charge < -0.3 is 14.0 Å². The number of carbonyl (C=O) groups is 2. The molecule has 1 aliphatic heterocycles. The van der Waals surface area contributed by atoms with Crippen LogP contribution in [0.3, 0.4) is 0 Å². The Morgan fingerprint density at radius 3 is 2.55 bits per heavy atom. The van der Waals surface area contributed by atoms with Crippen LogP contribution in [0.5, 0.6) is 0 Å². The van der Waals surface area contributed by atoms with Crippen molar-refractivity contribution in [3.8, 4) is 0 Å². The molecular formula is C31H34N4O5. The molecule has 1 saturated heterocycles. The third-order valence-electron chi connectivity index (χ3n) is 7.22. The molecule has 0 aliphatic carbocycles. The van der Waals surface area contributed by atoms with Crippen LogP contribution in [0.15, 0.2) is 58.4 Å². The third kappa shape index (κ3) is 5.21. The van der Waals surface area contributed by atoms with Crippen LogP contribution in [0.4, 0.5) is 0 Å². The normalized spacial score (nSPS) is 16.1. The van der Waals surface area contributed by atoms with Crippen molar-refractivity contribution in [3.63, 3.8) is 0 Å². The molecular weight excluding hydrogens is 508 g/mol. The lowest BCUT2D eigenvalue weighted by Crippen LogP contribution is -2.35. The molecule has 1 aromatic carbocycles. The highest BCUT2D eigenvalue weighted by Crippen LogP contribution is 2.23. The average molecular weight is 543 g/mol. The molecule has 40 heavy (non-hydrogen) atoms. The van der Waals surface area contributed by atoms with E-state index in [1.165, 1.54) is 10.5 Å². The summed E-state index contributed by atoms with van der Waals surface area (Å²) in [5.74, 6) is -1.19. The summed E-state index contributed by atoms with van der Waals surface area (Å²) in [5, 5.41) is 0.227. The maximum Gasteiger partial charge on any atom is 0.341 e. The number of rotatable bonds is 5. The number of aromatic nitrogens is 3. The number of ether oxygens (including phenoxy) is 2. The first-order valence-corrected chi connectivity index (χ1v) is 13.6. The standard InChI is InChI=1S/C31H34N4O5/c1-6-39-30(38)24-17-23-26(32-25-19(2)9-7-15-34(25)29(23)37)35(18-22-10-8-16-40-22)27(24)33-28(36)20-11-13-21(14-12-20)31(3,4)5/h7,9,11-15,17,22H,6,8,10,16,18H2,1-5H3.